The van der Waals surface area contributed by atoms with Gasteiger partial charge in [-0.15, -0.1) is 5.10 Å². The van der Waals surface area contributed by atoms with E-state index in [0.29, 0.717) is 41.2 Å². The van der Waals surface area contributed by atoms with Gasteiger partial charge in [0.2, 0.25) is 0 Å². The third-order valence-electron chi connectivity index (χ3n) is 3.20. The van der Waals surface area contributed by atoms with E-state index in [0.717, 1.165) is 17.2 Å². The molecule has 2 aromatic rings. The first kappa shape index (κ1) is 14.9. The fourth-order valence-corrected chi connectivity index (χ4v) is 2.74. The first-order chi connectivity index (χ1) is 10.7. The Morgan fingerprint density at radius 1 is 1.55 bits per heavy atom. The summed E-state index contributed by atoms with van der Waals surface area (Å²) in [6.45, 7) is 1.33. The van der Waals surface area contributed by atoms with Crippen LogP contribution in [-0.2, 0) is 11.3 Å². The van der Waals surface area contributed by atoms with Gasteiger partial charge in [0.15, 0.2) is 0 Å². The molecular formula is C13H13ClN4O3S. The van der Waals surface area contributed by atoms with Gasteiger partial charge in [0, 0.05) is 17.2 Å². The van der Waals surface area contributed by atoms with E-state index in [4.69, 9.17) is 21.1 Å². The topological polar surface area (TPSA) is 76.6 Å². The van der Waals surface area contributed by atoms with Crippen molar-refractivity contribution in [3.8, 4) is 5.75 Å². The van der Waals surface area contributed by atoms with Gasteiger partial charge < -0.3 is 14.8 Å². The van der Waals surface area contributed by atoms with Crippen LogP contribution in [0.2, 0.25) is 4.34 Å². The number of cyclic esters (lactones) is 1. The van der Waals surface area contributed by atoms with Crippen LogP contribution in [0.25, 0.3) is 0 Å². The summed E-state index contributed by atoms with van der Waals surface area (Å²) in [6.07, 6.45) is -0.373. The zero-order valence-electron chi connectivity index (χ0n) is 11.7. The second-order valence-electron chi connectivity index (χ2n) is 4.50. The van der Waals surface area contributed by atoms with Crippen LogP contribution in [0.3, 0.4) is 0 Å². The van der Waals surface area contributed by atoms with Crippen molar-refractivity contribution in [3.05, 3.63) is 28.2 Å². The van der Waals surface area contributed by atoms with Gasteiger partial charge in [-0.1, -0.05) is 16.1 Å². The molecule has 1 aliphatic heterocycles. The molecule has 1 aromatic carbocycles. The van der Waals surface area contributed by atoms with E-state index in [1.807, 2.05) is 12.1 Å². The van der Waals surface area contributed by atoms with Crippen molar-refractivity contribution in [1.29, 1.82) is 0 Å². The molecule has 1 N–H and O–H groups in total. The largest absolute Gasteiger partial charge is 0.495 e. The number of hydrogen-bond donors (Lipinski definition) is 1. The van der Waals surface area contributed by atoms with Crippen LogP contribution in [-0.4, -0.2) is 35.9 Å². The van der Waals surface area contributed by atoms with E-state index < -0.39 is 0 Å². The number of hydrogen-bond acceptors (Lipinski definition) is 7. The molecule has 1 saturated heterocycles. The Kier molecular flexibility index (Phi) is 4.30. The van der Waals surface area contributed by atoms with E-state index in [1.54, 1.807) is 18.1 Å². The standard InChI is InChI=1S/C13H13ClN4O3S/c1-20-11-3-2-8(15-7-9-12(14)22-17-16-9)6-10(11)18-4-5-21-13(18)19/h2-3,6,15H,4-5,7H2,1H3. The summed E-state index contributed by atoms with van der Waals surface area (Å²) in [4.78, 5) is 13.3. The summed E-state index contributed by atoms with van der Waals surface area (Å²) in [6, 6.07) is 5.49. The van der Waals surface area contributed by atoms with Crippen molar-refractivity contribution in [2.75, 3.05) is 30.5 Å². The summed E-state index contributed by atoms with van der Waals surface area (Å²) in [5.74, 6) is 0.609. The molecule has 1 aromatic heterocycles. The molecular weight excluding hydrogens is 328 g/mol. The fraction of sp³-hybridized carbons (Fsp3) is 0.308. The van der Waals surface area contributed by atoms with Crippen molar-refractivity contribution >= 4 is 40.6 Å². The quantitative estimate of drug-likeness (QED) is 0.902. The molecule has 3 rings (SSSR count). The molecule has 1 fully saturated rings. The molecule has 1 aliphatic rings. The number of nitrogens with zero attached hydrogens (tertiary/aromatic N) is 3. The van der Waals surface area contributed by atoms with Gasteiger partial charge in [0.1, 0.15) is 22.4 Å². The number of amides is 1. The fourth-order valence-electron chi connectivity index (χ4n) is 2.11. The number of methoxy groups -OCH3 is 1. The summed E-state index contributed by atoms with van der Waals surface area (Å²) in [5, 5.41) is 7.14. The normalized spacial score (nSPS) is 14.1. The number of carbonyl (C=O) groups is 1. The number of benzene rings is 1. The molecule has 2 heterocycles. The summed E-state index contributed by atoms with van der Waals surface area (Å²) >= 11 is 7.12. The monoisotopic (exact) mass is 340 g/mol. The van der Waals surface area contributed by atoms with Gasteiger partial charge in [0.25, 0.3) is 0 Å². The maximum Gasteiger partial charge on any atom is 0.414 e. The second kappa shape index (κ2) is 6.37. The highest BCUT2D eigenvalue weighted by molar-refractivity contribution is 7.10. The lowest BCUT2D eigenvalue weighted by molar-refractivity contribution is 0.181. The molecule has 22 heavy (non-hydrogen) atoms. The minimum Gasteiger partial charge on any atom is -0.495 e. The molecule has 0 bridgehead atoms. The number of anilines is 2. The van der Waals surface area contributed by atoms with Gasteiger partial charge in [-0.2, -0.15) is 0 Å². The van der Waals surface area contributed by atoms with Crippen LogP contribution in [0.4, 0.5) is 16.2 Å². The van der Waals surface area contributed by atoms with Crippen LogP contribution >= 0.6 is 23.1 Å². The van der Waals surface area contributed by atoms with Crippen molar-refractivity contribution < 1.29 is 14.3 Å². The molecule has 0 atom stereocenters. The number of halogens is 1. The molecule has 0 aliphatic carbocycles. The Labute approximate surface area is 135 Å². The van der Waals surface area contributed by atoms with Crippen molar-refractivity contribution in [3.63, 3.8) is 0 Å². The highest BCUT2D eigenvalue weighted by Gasteiger charge is 2.26. The van der Waals surface area contributed by atoms with Gasteiger partial charge in [-0.25, -0.2) is 4.79 Å². The minimum atomic E-state index is -0.373. The number of carbonyl (C=O) groups excluding carboxylic acids is 1. The minimum absolute atomic E-state index is 0.373. The van der Waals surface area contributed by atoms with Gasteiger partial charge >= 0.3 is 6.09 Å². The number of aromatic nitrogens is 2. The first-order valence-electron chi connectivity index (χ1n) is 6.52. The van der Waals surface area contributed by atoms with Crippen LogP contribution in [0.1, 0.15) is 5.69 Å². The summed E-state index contributed by atoms with van der Waals surface area (Å²) in [7, 11) is 1.56. The predicted molar refractivity (Wildman–Crippen MR) is 83.9 cm³/mol. The molecule has 0 spiro atoms. The Morgan fingerprint density at radius 3 is 3.05 bits per heavy atom. The number of nitrogens with one attached hydrogen (secondary N) is 1. The highest BCUT2D eigenvalue weighted by Crippen LogP contribution is 2.33. The average Bonchev–Trinajstić information content (AvgIpc) is 3.13. The van der Waals surface area contributed by atoms with E-state index in [2.05, 4.69) is 14.9 Å². The van der Waals surface area contributed by atoms with Gasteiger partial charge in [0.05, 0.1) is 25.9 Å². The zero-order chi connectivity index (χ0) is 15.5. The number of ether oxygens (including phenoxy) is 2. The molecule has 0 unspecified atom stereocenters. The Morgan fingerprint density at radius 2 is 2.41 bits per heavy atom. The van der Waals surface area contributed by atoms with Crippen LogP contribution in [0.15, 0.2) is 18.2 Å². The lowest BCUT2D eigenvalue weighted by Crippen LogP contribution is -2.24. The van der Waals surface area contributed by atoms with Crippen molar-refractivity contribution in [1.82, 2.24) is 9.59 Å². The third-order valence-corrected chi connectivity index (χ3v) is 4.18. The average molecular weight is 341 g/mol. The molecule has 7 nitrogen and oxygen atoms in total. The molecule has 9 heteroatoms. The third kappa shape index (κ3) is 2.93. The molecule has 0 radical (unpaired) electrons. The van der Waals surface area contributed by atoms with E-state index in [-0.39, 0.29) is 6.09 Å². The van der Waals surface area contributed by atoms with Crippen LogP contribution in [0.5, 0.6) is 5.75 Å². The summed E-state index contributed by atoms with van der Waals surface area (Å²) in [5.41, 5.74) is 2.17. The molecule has 1 amide bonds. The van der Waals surface area contributed by atoms with Gasteiger partial charge in [-0.05, 0) is 18.2 Å². The molecule has 0 saturated carbocycles. The van der Waals surface area contributed by atoms with Crippen LogP contribution in [0, 0.1) is 0 Å². The second-order valence-corrected chi connectivity index (χ2v) is 5.86. The zero-order valence-corrected chi connectivity index (χ0v) is 13.3. The maximum atomic E-state index is 11.7. The predicted octanol–water partition coefficient (Wildman–Crippen LogP) is 2.77. The van der Waals surface area contributed by atoms with Crippen LogP contribution < -0.4 is 15.0 Å². The SMILES string of the molecule is COc1ccc(NCc2nnsc2Cl)cc1N1CCOC1=O. The maximum absolute atomic E-state index is 11.7. The Hall–Kier alpha value is -2.06. The summed E-state index contributed by atoms with van der Waals surface area (Å²) < 4.78 is 14.6. The number of rotatable bonds is 5. The van der Waals surface area contributed by atoms with E-state index in [1.165, 1.54) is 0 Å². The lowest BCUT2D eigenvalue weighted by Gasteiger charge is -2.18. The van der Waals surface area contributed by atoms with Crippen molar-refractivity contribution in [2.45, 2.75) is 6.54 Å². The highest BCUT2D eigenvalue weighted by atomic mass is 35.5. The lowest BCUT2D eigenvalue weighted by atomic mass is 10.2. The van der Waals surface area contributed by atoms with E-state index in [9.17, 15) is 4.79 Å². The Balaban J connectivity index is 1.80. The van der Waals surface area contributed by atoms with Crippen molar-refractivity contribution in [2.24, 2.45) is 0 Å². The van der Waals surface area contributed by atoms with E-state index >= 15 is 0 Å². The molecule has 116 valence electrons. The first-order valence-corrected chi connectivity index (χ1v) is 7.67. The smallest absolute Gasteiger partial charge is 0.414 e. The Bertz CT molecular complexity index is 694. The van der Waals surface area contributed by atoms with Gasteiger partial charge in [-0.3, -0.25) is 4.90 Å².